The van der Waals surface area contributed by atoms with Crippen LogP contribution >= 0.6 is 0 Å². The summed E-state index contributed by atoms with van der Waals surface area (Å²) in [5, 5.41) is 3.47. The zero-order chi connectivity index (χ0) is 16.1. The van der Waals surface area contributed by atoms with Crippen LogP contribution in [0.15, 0.2) is 24.3 Å². The third-order valence-electron chi connectivity index (χ3n) is 4.94. The molecule has 0 spiro atoms. The van der Waals surface area contributed by atoms with Crippen molar-refractivity contribution in [2.45, 2.75) is 12.8 Å². The highest BCUT2D eigenvalue weighted by atomic mass is 16.5. The Labute approximate surface area is 137 Å². The van der Waals surface area contributed by atoms with E-state index in [-0.39, 0.29) is 5.91 Å². The van der Waals surface area contributed by atoms with Gasteiger partial charge in [0.05, 0.1) is 6.61 Å². The summed E-state index contributed by atoms with van der Waals surface area (Å²) in [7, 11) is 1.65. The second kappa shape index (κ2) is 7.79. The molecule has 5 heteroatoms. The molecular formula is C18H26N2O3. The van der Waals surface area contributed by atoms with Gasteiger partial charge in [0.15, 0.2) is 0 Å². The van der Waals surface area contributed by atoms with Crippen LogP contribution in [0.1, 0.15) is 23.2 Å². The lowest BCUT2D eigenvalue weighted by Gasteiger charge is -2.21. The lowest BCUT2D eigenvalue weighted by Crippen LogP contribution is -2.32. The first-order valence-corrected chi connectivity index (χ1v) is 8.49. The van der Waals surface area contributed by atoms with E-state index in [1.54, 1.807) is 7.11 Å². The molecule has 2 aliphatic heterocycles. The normalized spacial score (nSPS) is 24.1. The van der Waals surface area contributed by atoms with Crippen LogP contribution in [0, 0.1) is 11.8 Å². The van der Waals surface area contributed by atoms with Crippen molar-refractivity contribution in [2.24, 2.45) is 11.8 Å². The molecule has 126 valence electrons. The second-order valence-electron chi connectivity index (χ2n) is 6.42. The SMILES string of the molecule is COCCOc1cccc(C(=O)N2CC[C@@H]3CNC[C@@H]3CC2)c1. The van der Waals surface area contributed by atoms with Gasteiger partial charge in [-0.15, -0.1) is 0 Å². The molecule has 0 saturated carbocycles. The Kier molecular flexibility index (Phi) is 5.51. The molecule has 2 fully saturated rings. The maximum atomic E-state index is 12.8. The molecule has 0 aromatic heterocycles. The number of hydrogen-bond donors (Lipinski definition) is 1. The van der Waals surface area contributed by atoms with Gasteiger partial charge in [0.2, 0.25) is 0 Å². The fourth-order valence-electron chi connectivity index (χ4n) is 3.57. The van der Waals surface area contributed by atoms with E-state index in [4.69, 9.17) is 9.47 Å². The summed E-state index contributed by atoms with van der Waals surface area (Å²) in [5.74, 6) is 2.31. The van der Waals surface area contributed by atoms with Crippen LogP contribution < -0.4 is 10.1 Å². The van der Waals surface area contributed by atoms with Crippen LogP contribution in [0.5, 0.6) is 5.75 Å². The fourth-order valence-corrected chi connectivity index (χ4v) is 3.57. The molecule has 1 aromatic rings. The van der Waals surface area contributed by atoms with Gasteiger partial charge in [-0.3, -0.25) is 4.79 Å². The van der Waals surface area contributed by atoms with Gasteiger partial charge in [0, 0.05) is 25.8 Å². The summed E-state index contributed by atoms with van der Waals surface area (Å²) >= 11 is 0. The molecule has 3 rings (SSSR count). The predicted molar refractivity (Wildman–Crippen MR) is 88.8 cm³/mol. The largest absolute Gasteiger partial charge is 0.491 e. The van der Waals surface area contributed by atoms with Gasteiger partial charge < -0.3 is 19.7 Å². The number of nitrogens with one attached hydrogen (secondary N) is 1. The fraction of sp³-hybridized carbons (Fsp3) is 0.611. The number of benzene rings is 1. The van der Waals surface area contributed by atoms with Gasteiger partial charge in [0.1, 0.15) is 12.4 Å². The zero-order valence-electron chi connectivity index (χ0n) is 13.8. The number of amides is 1. The Bertz CT molecular complexity index is 521. The molecule has 2 heterocycles. The molecule has 0 aliphatic carbocycles. The molecule has 23 heavy (non-hydrogen) atoms. The Morgan fingerprint density at radius 2 is 1.96 bits per heavy atom. The molecule has 2 aliphatic rings. The first-order chi connectivity index (χ1) is 11.3. The van der Waals surface area contributed by atoms with Gasteiger partial charge in [-0.05, 0) is 56.0 Å². The Morgan fingerprint density at radius 3 is 2.65 bits per heavy atom. The van der Waals surface area contributed by atoms with Crippen molar-refractivity contribution >= 4 is 5.91 Å². The number of carbonyl (C=O) groups is 1. The van der Waals surface area contributed by atoms with Crippen molar-refractivity contribution in [1.82, 2.24) is 10.2 Å². The summed E-state index contributed by atoms with van der Waals surface area (Å²) in [4.78, 5) is 14.8. The van der Waals surface area contributed by atoms with Crippen molar-refractivity contribution in [3.63, 3.8) is 0 Å². The molecule has 0 radical (unpaired) electrons. The molecule has 1 aromatic carbocycles. The van der Waals surface area contributed by atoms with E-state index in [2.05, 4.69) is 5.32 Å². The van der Waals surface area contributed by atoms with Crippen molar-refractivity contribution in [3.8, 4) is 5.75 Å². The number of rotatable bonds is 5. The molecule has 2 saturated heterocycles. The van der Waals surface area contributed by atoms with E-state index < -0.39 is 0 Å². The highest BCUT2D eigenvalue weighted by Crippen LogP contribution is 2.28. The number of fused-ring (bicyclic) bond motifs is 1. The summed E-state index contributed by atoms with van der Waals surface area (Å²) < 4.78 is 10.6. The molecule has 1 amide bonds. The second-order valence-corrected chi connectivity index (χ2v) is 6.42. The molecule has 1 N–H and O–H groups in total. The van der Waals surface area contributed by atoms with E-state index >= 15 is 0 Å². The van der Waals surface area contributed by atoms with E-state index in [9.17, 15) is 4.79 Å². The smallest absolute Gasteiger partial charge is 0.253 e. The maximum absolute atomic E-state index is 12.8. The number of ether oxygens (including phenoxy) is 2. The van der Waals surface area contributed by atoms with Crippen LogP contribution in [-0.4, -0.2) is 57.3 Å². The van der Waals surface area contributed by atoms with Crippen LogP contribution in [0.25, 0.3) is 0 Å². The minimum absolute atomic E-state index is 0.120. The predicted octanol–water partition coefficient (Wildman–Crippen LogP) is 1.78. The molecule has 2 atom stereocenters. The summed E-state index contributed by atoms with van der Waals surface area (Å²) in [6, 6.07) is 7.47. The minimum Gasteiger partial charge on any atom is -0.491 e. The number of hydrogen-bond acceptors (Lipinski definition) is 4. The highest BCUT2D eigenvalue weighted by Gasteiger charge is 2.31. The number of nitrogens with zero attached hydrogens (tertiary/aromatic N) is 1. The first kappa shape index (κ1) is 16.3. The Morgan fingerprint density at radius 1 is 1.22 bits per heavy atom. The van der Waals surface area contributed by atoms with Crippen molar-refractivity contribution in [1.29, 1.82) is 0 Å². The number of likely N-dealkylation sites (tertiary alicyclic amines) is 1. The van der Waals surface area contributed by atoms with Gasteiger partial charge in [-0.2, -0.15) is 0 Å². The van der Waals surface area contributed by atoms with Crippen LogP contribution in [0.3, 0.4) is 0 Å². The lowest BCUT2D eigenvalue weighted by molar-refractivity contribution is 0.0758. The average molecular weight is 318 g/mol. The number of carbonyl (C=O) groups excluding carboxylic acids is 1. The topological polar surface area (TPSA) is 50.8 Å². The third-order valence-corrected chi connectivity index (χ3v) is 4.94. The molecule has 5 nitrogen and oxygen atoms in total. The van der Waals surface area contributed by atoms with Gasteiger partial charge >= 0.3 is 0 Å². The van der Waals surface area contributed by atoms with Crippen molar-refractivity contribution in [2.75, 3.05) is 46.5 Å². The Hall–Kier alpha value is -1.59. The summed E-state index contributed by atoms with van der Waals surface area (Å²) in [5.41, 5.74) is 0.713. The van der Waals surface area contributed by atoms with E-state index in [0.29, 0.717) is 18.8 Å². The van der Waals surface area contributed by atoms with Gasteiger partial charge in [0.25, 0.3) is 5.91 Å². The van der Waals surface area contributed by atoms with Gasteiger partial charge in [-0.1, -0.05) is 6.07 Å². The first-order valence-electron chi connectivity index (χ1n) is 8.49. The van der Waals surface area contributed by atoms with E-state index in [0.717, 1.165) is 56.6 Å². The quantitative estimate of drug-likeness (QED) is 0.841. The zero-order valence-corrected chi connectivity index (χ0v) is 13.8. The standard InChI is InChI=1S/C18H26N2O3/c1-22-9-10-23-17-4-2-3-14(11-17)18(21)20-7-5-15-12-19-13-16(15)6-8-20/h2-4,11,15-16,19H,5-10,12-13H2,1H3/t15-,16+. The number of methoxy groups -OCH3 is 1. The van der Waals surface area contributed by atoms with E-state index in [1.165, 1.54) is 0 Å². The monoisotopic (exact) mass is 318 g/mol. The molecular weight excluding hydrogens is 292 g/mol. The average Bonchev–Trinajstić information content (AvgIpc) is 2.93. The lowest BCUT2D eigenvalue weighted by atomic mass is 9.92. The summed E-state index contributed by atoms with van der Waals surface area (Å²) in [6.07, 6.45) is 2.21. The van der Waals surface area contributed by atoms with Crippen LogP contribution in [-0.2, 0) is 4.74 Å². The molecule has 0 bridgehead atoms. The van der Waals surface area contributed by atoms with Crippen LogP contribution in [0.4, 0.5) is 0 Å². The van der Waals surface area contributed by atoms with E-state index in [1.807, 2.05) is 29.2 Å². The van der Waals surface area contributed by atoms with Gasteiger partial charge in [-0.25, -0.2) is 0 Å². The molecule has 0 unspecified atom stereocenters. The maximum Gasteiger partial charge on any atom is 0.253 e. The minimum atomic E-state index is 0.120. The Balaban J connectivity index is 1.62. The van der Waals surface area contributed by atoms with Crippen LogP contribution in [0.2, 0.25) is 0 Å². The summed E-state index contributed by atoms with van der Waals surface area (Å²) in [6.45, 7) is 4.97. The highest BCUT2D eigenvalue weighted by molar-refractivity contribution is 5.94. The van der Waals surface area contributed by atoms with Crippen molar-refractivity contribution in [3.05, 3.63) is 29.8 Å². The van der Waals surface area contributed by atoms with Crippen molar-refractivity contribution < 1.29 is 14.3 Å². The third kappa shape index (κ3) is 4.03.